The standard InChI is InChI=1S/C17H25N5O2S.C13H10O2.C2H6/c1-9-14-17(9,2)5-12(22(14)13(23)7-20-3)16(24)21-6-11-4-10(8-25-11)15(18)19;14-10-11-5-4-8-13(9-11)15-12-6-2-1-3-7-12;1-2/h4,8-9,12,14,20H,5-7H2,1-3H3,(H3,18,19)(H,21,24);1-10H;1-2H3/t9?,12?,14?,17-;;/m1../s1. The van der Waals surface area contributed by atoms with Crippen molar-refractivity contribution in [2.75, 3.05) is 13.6 Å². The van der Waals surface area contributed by atoms with Crippen LogP contribution in [0.15, 0.2) is 66.0 Å². The first-order valence-corrected chi connectivity index (χ1v) is 15.0. The molecule has 9 nitrogen and oxygen atoms in total. The van der Waals surface area contributed by atoms with Gasteiger partial charge in [-0.25, -0.2) is 0 Å². The van der Waals surface area contributed by atoms with E-state index in [1.54, 1.807) is 35.5 Å². The molecule has 2 amide bonds. The maximum absolute atomic E-state index is 12.7. The van der Waals surface area contributed by atoms with Gasteiger partial charge in [0.1, 0.15) is 29.7 Å². The highest BCUT2D eigenvalue weighted by molar-refractivity contribution is 7.10. The number of nitrogen functional groups attached to an aromatic ring is 1. The Kier molecular flexibility index (Phi) is 11.4. The molecule has 1 saturated carbocycles. The summed E-state index contributed by atoms with van der Waals surface area (Å²) in [4.78, 5) is 38.5. The summed E-state index contributed by atoms with van der Waals surface area (Å²) in [6.45, 7) is 8.94. The molecule has 2 aromatic carbocycles. The van der Waals surface area contributed by atoms with Crippen LogP contribution in [0.25, 0.3) is 0 Å². The number of nitrogens with two attached hydrogens (primary N) is 1. The zero-order chi connectivity index (χ0) is 30.9. The van der Waals surface area contributed by atoms with Crippen molar-refractivity contribution in [2.45, 2.75) is 52.7 Å². The number of aldehydes is 1. The second-order valence-electron chi connectivity index (χ2n) is 10.3. The van der Waals surface area contributed by atoms with Crippen LogP contribution in [0.5, 0.6) is 11.5 Å². The zero-order valence-electron chi connectivity index (χ0n) is 24.8. The number of nitrogens with zero attached hydrogens (tertiary/aromatic N) is 1. The Morgan fingerprint density at radius 2 is 1.83 bits per heavy atom. The lowest BCUT2D eigenvalue weighted by atomic mass is 9.98. The number of likely N-dealkylation sites (N-methyl/N-ethyl adjacent to an activating group) is 1. The van der Waals surface area contributed by atoms with Crippen molar-refractivity contribution in [3.8, 4) is 11.5 Å². The van der Waals surface area contributed by atoms with Gasteiger partial charge in [0.25, 0.3) is 0 Å². The summed E-state index contributed by atoms with van der Waals surface area (Å²) >= 11 is 1.46. The molecule has 2 fully saturated rings. The first-order valence-electron chi connectivity index (χ1n) is 14.1. The van der Waals surface area contributed by atoms with E-state index in [1.165, 1.54) is 11.3 Å². The predicted octanol–water partition coefficient (Wildman–Crippen LogP) is 4.81. The molecule has 2 aliphatic rings. The van der Waals surface area contributed by atoms with Gasteiger partial charge < -0.3 is 26.0 Å². The summed E-state index contributed by atoms with van der Waals surface area (Å²) < 4.78 is 5.56. The van der Waals surface area contributed by atoms with Crippen molar-refractivity contribution in [2.24, 2.45) is 17.1 Å². The summed E-state index contributed by atoms with van der Waals surface area (Å²) in [5, 5.41) is 15.1. The summed E-state index contributed by atoms with van der Waals surface area (Å²) in [5.41, 5.74) is 6.80. The largest absolute Gasteiger partial charge is 0.457 e. The van der Waals surface area contributed by atoms with Crippen LogP contribution in [-0.2, 0) is 16.1 Å². The van der Waals surface area contributed by atoms with E-state index in [0.29, 0.717) is 35.8 Å². The molecule has 0 bridgehead atoms. The van der Waals surface area contributed by atoms with Crippen molar-refractivity contribution >= 4 is 35.3 Å². The lowest BCUT2D eigenvalue weighted by Crippen LogP contribution is -2.50. The van der Waals surface area contributed by atoms with Gasteiger partial charge in [0.2, 0.25) is 11.8 Å². The fourth-order valence-electron chi connectivity index (χ4n) is 5.31. The monoisotopic (exact) mass is 591 g/mol. The van der Waals surface area contributed by atoms with Crippen molar-refractivity contribution in [3.63, 3.8) is 0 Å². The van der Waals surface area contributed by atoms with Crippen molar-refractivity contribution in [1.29, 1.82) is 5.41 Å². The van der Waals surface area contributed by atoms with Crippen LogP contribution in [0, 0.1) is 16.7 Å². The molecule has 3 unspecified atom stereocenters. The van der Waals surface area contributed by atoms with Gasteiger partial charge in [-0.2, -0.15) is 0 Å². The van der Waals surface area contributed by atoms with Gasteiger partial charge in [0.05, 0.1) is 13.1 Å². The lowest BCUT2D eigenvalue weighted by Gasteiger charge is -2.28. The third-order valence-corrected chi connectivity index (χ3v) is 8.58. The van der Waals surface area contributed by atoms with Crippen LogP contribution >= 0.6 is 11.3 Å². The van der Waals surface area contributed by atoms with Crippen molar-refractivity contribution in [1.82, 2.24) is 15.5 Å². The normalized spacial score (nSPS) is 21.5. The first kappa shape index (κ1) is 32.5. The summed E-state index contributed by atoms with van der Waals surface area (Å²) in [5.74, 6) is 1.77. The zero-order valence-corrected chi connectivity index (χ0v) is 25.7. The Morgan fingerprint density at radius 3 is 2.45 bits per heavy atom. The van der Waals surface area contributed by atoms with E-state index in [2.05, 4.69) is 24.5 Å². The van der Waals surface area contributed by atoms with E-state index in [9.17, 15) is 14.4 Å². The molecule has 5 N–H and O–H groups in total. The highest BCUT2D eigenvalue weighted by Gasteiger charge is 2.69. The van der Waals surface area contributed by atoms with E-state index in [4.69, 9.17) is 15.9 Å². The number of benzene rings is 2. The highest BCUT2D eigenvalue weighted by Crippen LogP contribution is 2.63. The fourth-order valence-corrected chi connectivity index (χ4v) is 6.14. The average molecular weight is 592 g/mol. The molecule has 1 aromatic heterocycles. The van der Waals surface area contributed by atoms with Crippen molar-refractivity contribution < 1.29 is 19.1 Å². The number of thiophene rings is 1. The van der Waals surface area contributed by atoms with Crippen LogP contribution in [0.2, 0.25) is 0 Å². The molecule has 0 spiro atoms. The maximum Gasteiger partial charge on any atom is 0.243 e. The molecular formula is C32H41N5O4S. The Hall–Kier alpha value is -4.02. The molecule has 1 saturated heterocycles. The number of fused-ring (bicyclic) bond motifs is 1. The molecule has 42 heavy (non-hydrogen) atoms. The SMILES string of the molecule is CC.CNCC(=O)N1C(C(=O)NCc2cc(C(=N)N)cs2)C[C@]2(C)C(C)C12.O=Cc1cccc(Oc2ccccc2)c1. The van der Waals surface area contributed by atoms with Gasteiger partial charge in [-0.3, -0.25) is 19.8 Å². The van der Waals surface area contributed by atoms with E-state index < -0.39 is 6.04 Å². The van der Waals surface area contributed by atoms with Crippen LogP contribution in [-0.4, -0.2) is 54.5 Å². The number of amidine groups is 1. The number of likely N-dealkylation sites (tertiary alicyclic amines) is 1. The summed E-state index contributed by atoms with van der Waals surface area (Å²) in [6, 6.07) is 18.1. The Balaban J connectivity index is 0.000000243. The van der Waals surface area contributed by atoms with E-state index in [1.807, 2.05) is 56.3 Å². The van der Waals surface area contributed by atoms with Gasteiger partial charge in [-0.15, -0.1) is 11.3 Å². The molecule has 2 heterocycles. The maximum atomic E-state index is 12.7. The number of para-hydroxylation sites is 1. The minimum atomic E-state index is -0.403. The second kappa shape index (κ2) is 14.7. The van der Waals surface area contributed by atoms with Crippen LogP contribution < -0.4 is 21.1 Å². The third kappa shape index (κ3) is 7.63. The lowest BCUT2D eigenvalue weighted by molar-refractivity contribution is -0.139. The molecule has 0 radical (unpaired) electrons. The fraction of sp³-hybridized carbons (Fsp3) is 0.375. The first-order chi connectivity index (χ1) is 20.2. The van der Waals surface area contributed by atoms with Gasteiger partial charge >= 0.3 is 0 Å². The van der Waals surface area contributed by atoms with E-state index >= 15 is 0 Å². The second-order valence-corrected chi connectivity index (χ2v) is 11.3. The van der Waals surface area contributed by atoms with Gasteiger partial charge in [0, 0.05) is 27.4 Å². The van der Waals surface area contributed by atoms with E-state index in [-0.39, 0.29) is 35.7 Å². The highest BCUT2D eigenvalue weighted by atomic mass is 32.1. The number of nitrogens with one attached hydrogen (secondary N) is 3. The number of carbonyl (C=O) groups excluding carboxylic acids is 3. The number of piperidine rings is 1. The molecule has 1 aliphatic carbocycles. The van der Waals surface area contributed by atoms with Gasteiger partial charge in [-0.05, 0) is 55.1 Å². The number of hydrogen-bond donors (Lipinski definition) is 4. The van der Waals surface area contributed by atoms with Crippen LogP contribution in [0.1, 0.15) is 54.9 Å². The Bertz CT molecular complexity index is 1380. The number of carbonyl (C=O) groups is 3. The Morgan fingerprint density at radius 1 is 1.14 bits per heavy atom. The van der Waals surface area contributed by atoms with Crippen LogP contribution in [0.4, 0.5) is 0 Å². The molecule has 10 heteroatoms. The molecule has 5 rings (SSSR count). The van der Waals surface area contributed by atoms with Gasteiger partial charge in [0.15, 0.2) is 0 Å². The van der Waals surface area contributed by atoms with Crippen molar-refractivity contribution in [3.05, 3.63) is 82.0 Å². The van der Waals surface area contributed by atoms with E-state index in [0.717, 1.165) is 16.9 Å². The molecular weight excluding hydrogens is 550 g/mol. The quantitative estimate of drug-likeness (QED) is 0.160. The Labute approximate surface area is 252 Å². The van der Waals surface area contributed by atoms with Crippen LogP contribution in [0.3, 0.4) is 0 Å². The molecule has 3 aromatic rings. The summed E-state index contributed by atoms with van der Waals surface area (Å²) in [7, 11) is 1.74. The minimum Gasteiger partial charge on any atom is -0.457 e. The molecule has 4 atom stereocenters. The number of ether oxygens (including phenoxy) is 1. The van der Waals surface area contributed by atoms with Gasteiger partial charge in [-0.1, -0.05) is 58.0 Å². The number of hydrogen-bond acceptors (Lipinski definition) is 7. The third-order valence-electron chi connectivity index (χ3n) is 7.64. The number of rotatable bonds is 9. The topological polar surface area (TPSA) is 138 Å². The molecule has 1 aliphatic heterocycles. The predicted molar refractivity (Wildman–Crippen MR) is 167 cm³/mol. The summed E-state index contributed by atoms with van der Waals surface area (Å²) in [6.07, 6.45) is 1.51. The number of amides is 2. The smallest absolute Gasteiger partial charge is 0.243 e. The minimum absolute atomic E-state index is 0.0179. The average Bonchev–Trinajstić information content (AvgIpc) is 3.35. The molecule has 224 valence electrons.